The quantitative estimate of drug-likeness (QED) is 0.525. The highest BCUT2D eigenvalue weighted by atomic mass is 19.4. The highest BCUT2D eigenvalue weighted by molar-refractivity contribution is 5.90. The number of nitrogens with one attached hydrogen (secondary N) is 1. The number of halogens is 4. The molecule has 0 spiro atoms. The van der Waals surface area contributed by atoms with E-state index in [1.807, 2.05) is 0 Å². The molecule has 0 fully saturated rings. The molecule has 0 unspecified atom stereocenters. The number of amides is 1. The van der Waals surface area contributed by atoms with Crippen LogP contribution in [-0.2, 0) is 10.3 Å². The summed E-state index contributed by atoms with van der Waals surface area (Å²) in [6.45, 7) is 1.15. The predicted molar refractivity (Wildman–Crippen MR) is 77.0 cm³/mol. The maximum absolute atomic E-state index is 14.3. The topological polar surface area (TPSA) is 121 Å². The lowest BCUT2D eigenvalue weighted by atomic mass is 9.86. The highest BCUT2D eigenvalue weighted by Gasteiger charge is 2.50. The number of aliphatic imine (C=N–C) groups is 1. The van der Waals surface area contributed by atoms with Gasteiger partial charge in [0.15, 0.2) is 6.04 Å². The number of nitrogens with zero attached hydrogens (tertiary/aromatic N) is 2. The summed E-state index contributed by atoms with van der Waals surface area (Å²) < 4.78 is 58.8. The van der Waals surface area contributed by atoms with Gasteiger partial charge >= 0.3 is 12.3 Å². The van der Waals surface area contributed by atoms with Gasteiger partial charge in [-0.25, -0.2) is 19.5 Å². The smallest absolute Gasteiger partial charge is 0.412 e. The zero-order valence-electron chi connectivity index (χ0n) is 12.7. The molecule has 4 N–H and O–H groups in total. The molecule has 2 rings (SSSR count). The van der Waals surface area contributed by atoms with Gasteiger partial charge in [0.25, 0.3) is 6.02 Å². The van der Waals surface area contributed by atoms with Crippen LogP contribution in [0.25, 0.3) is 0 Å². The van der Waals surface area contributed by atoms with Crippen molar-refractivity contribution < 1.29 is 32.2 Å². The average molecular weight is 360 g/mol. The molecule has 0 radical (unpaired) electrons. The van der Waals surface area contributed by atoms with Crippen LogP contribution >= 0.6 is 0 Å². The maximum atomic E-state index is 14.3. The molecular weight excluding hydrogens is 348 g/mol. The molecule has 1 aliphatic rings. The van der Waals surface area contributed by atoms with Crippen molar-refractivity contribution in [1.29, 1.82) is 5.26 Å². The zero-order chi connectivity index (χ0) is 19.0. The number of alkyl halides is 3. The first-order chi connectivity index (χ1) is 11.5. The number of hydrogen-bond acceptors (Lipinski definition) is 5. The molecule has 1 aromatic carbocycles. The molecule has 1 aliphatic heterocycles. The fraction of sp³-hybridized carbons (Fsp3) is 0.357. The second kappa shape index (κ2) is 6.12. The summed E-state index contributed by atoms with van der Waals surface area (Å²) in [6.07, 6.45) is -7.29. The number of benzene rings is 1. The number of anilines is 1. The molecule has 0 bridgehead atoms. The highest BCUT2D eigenvalue weighted by Crippen LogP contribution is 2.41. The van der Waals surface area contributed by atoms with Gasteiger partial charge in [0, 0.05) is 12.0 Å². The molecular formula is C14H12F4N4O3. The van der Waals surface area contributed by atoms with Crippen molar-refractivity contribution in [2.75, 3.05) is 5.73 Å². The lowest BCUT2D eigenvalue weighted by Gasteiger charge is -2.38. The van der Waals surface area contributed by atoms with Gasteiger partial charge < -0.3 is 15.6 Å². The number of carboxylic acid groups (broad SMARTS) is 1. The second-order valence-corrected chi connectivity index (χ2v) is 5.49. The number of carbonyl (C=O) groups is 1. The fourth-order valence-corrected chi connectivity index (χ4v) is 2.43. The van der Waals surface area contributed by atoms with Crippen LogP contribution < -0.4 is 11.1 Å². The van der Waals surface area contributed by atoms with Gasteiger partial charge in [-0.15, -0.1) is 0 Å². The number of nitriles is 1. The first-order valence-corrected chi connectivity index (χ1v) is 6.79. The van der Waals surface area contributed by atoms with E-state index in [9.17, 15) is 22.4 Å². The third-order valence-electron chi connectivity index (χ3n) is 3.60. The largest absolute Gasteiger partial charge is 0.465 e. The molecule has 11 heteroatoms. The Balaban J connectivity index is 2.53. The van der Waals surface area contributed by atoms with Crippen molar-refractivity contribution in [1.82, 2.24) is 5.32 Å². The minimum atomic E-state index is -4.80. The summed E-state index contributed by atoms with van der Waals surface area (Å²) >= 11 is 0. The molecule has 0 saturated heterocycles. The molecule has 2 atom stereocenters. The second-order valence-electron chi connectivity index (χ2n) is 5.49. The Kier molecular flexibility index (Phi) is 4.48. The minimum absolute atomic E-state index is 0.150. The third-order valence-corrected chi connectivity index (χ3v) is 3.60. The summed E-state index contributed by atoms with van der Waals surface area (Å²) in [7, 11) is 0. The van der Waals surface area contributed by atoms with E-state index in [4.69, 9.17) is 20.8 Å². The summed E-state index contributed by atoms with van der Waals surface area (Å²) in [5, 5.41) is 19.1. The van der Waals surface area contributed by atoms with Gasteiger partial charge in [0.2, 0.25) is 0 Å². The standard InChI is InChI=1S/C14H12F4N4O3/c1-13(7-3-9(20)6(5-19)2-8(7)15)4-10(14(16,17)18)21-11(25-13)22-12(23)24/h2-3,10H,4,20H2,1H3,(H,21,22)(H,23,24)/t10-,13-/m0/s1. The summed E-state index contributed by atoms with van der Waals surface area (Å²) in [4.78, 5) is 13.9. The Labute approximate surface area is 138 Å². The summed E-state index contributed by atoms with van der Waals surface area (Å²) in [6, 6.07) is 0.187. The third kappa shape index (κ3) is 3.73. The molecule has 7 nitrogen and oxygen atoms in total. The Bertz CT molecular complexity index is 788. The van der Waals surface area contributed by atoms with Crippen molar-refractivity contribution in [2.45, 2.75) is 31.2 Å². The lowest BCUT2D eigenvalue weighted by Crippen LogP contribution is -2.48. The van der Waals surface area contributed by atoms with Crippen molar-refractivity contribution in [3.63, 3.8) is 0 Å². The van der Waals surface area contributed by atoms with Crippen LogP contribution in [0.5, 0.6) is 0 Å². The number of rotatable bonds is 1. The van der Waals surface area contributed by atoms with Crippen LogP contribution in [-0.4, -0.2) is 29.4 Å². The number of nitrogen functional groups attached to an aromatic ring is 1. The first kappa shape index (κ1) is 18.3. The van der Waals surface area contributed by atoms with Gasteiger partial charge in [-0.3, -0.25) is 0 Å². The van der Waals surface area contributed by atoms with E-state index < -0.39 is 42.2 Å². The molecule has 134 valence electrons. The van der Waals surface area contributed by atoms with Gasteiger partial charge in [0.05, 0.1) is 11.3 Å². The number of amidine groups is 1. The Hall–Kier alpha value is -3.03. The van der Waals surface area contributed by atoms with Crippen molar-refractivity contribution in [3.8, 4) is 6.07 Å². The summed E-state index contributed by atoms with van der Waals surface area (Å²) in [5.74, 6) is -1.01. The maximum Gasteiger partial charge on any atom is 0.412 e. The lowest BCUT2D eigenvalue weighted by molar-refractivity contribution is -0.164. The molecule has 0 aromatic heterocycles. The van der Waals surface area contributed by atoms with E-state index in [0.717, 1.165) is 19.1 Å². The fourth-order valence-electron chi connectivity index (χ4n) is 2.43. The molecule has 1 amide bonds. The molecule has 1 aromatic rings. The van der Waals surface area contributed by atoms with Crippen LogP contribution in [0.4, 0.5) is 28.0 Å². The number of nitrogens with two attached hydrogens (primary N) is 1. The van der Waals surface area contributed by atoms with Gasteiger partial charge in [-0.05, 0) is 19.1 Å². The van der Waals surface area contributed by atoms with E-state index in [-0.39, 0.29) is 16.8 Å². The SMILES string of the molecule is C[C@@]1(c2cc(N)c(C#N)cc2F)C[C@@H](C(F)(F)F)N=C(NC(=O)O)O1. The van der Waals surface area contributed by atoms with Crippen LogP contribution in [0.2, 0.25) is 0 Å². The van der Waals surface area contributed by atoms with Gasteiger partial charge in [-0.2, -0.15) is 18.4 Å². The van der Waals surface area contributed by atoms with E-state index in [2.05, 4.69) is 4.99 Å². The molecule has 0 saturated carbocycles. The van der Waals surface area contributed by atoms with E-state index >= 15 is 0 Å². The van der Waals surface area contributed by atoms with Crippen LogP contribution in [0.15, 0.2) is 17.1 Å². The van der Waals surface area contributed by atoms with Crippen molar-refractivity contribution >= 4 is 17.8 Å². The van der Waals surface area contributed by atoms with Crippen LogP contribution in [0.3, 0.4) is 0 Å². The average Bonchev–Trinajstić information content (AvgIpc) is 2.47. The molecule has 25 heavy (non-hydrogen) atoms. The zero-order valence-corrected chi connectivity index (χ0v) is 12.7. The van der Waals surface area contributed by atoms with E-state index in [0.29, 0.717) is 0 Å². The number of hydrogen-bond donors (Lipinski definition) is 3. The van der Waals surface area contributed by atoms with E-state index in [1.165, 1.54) is 0 Å². The predicted octanol–water partition coefficient (Wildman–Crippen LogP) is 2.47. The van der Waals surface area contributed by atoms with Crippen LogP contribution in [0, 0.1) is 17.1 Å². The summed E-state index contributed by atoms with van der Waals surface area (Å²) in [5.41, 5.74) is 3.00. The monoisotopic (exact) mass is 360 g/mol. The normalized spacial score (nSPS) is 23.2. The van der Waals surface area contributed by atoms with E-state index in [1.54, 1.807) is 11.4 Å². The van der Waals surface area contributed by atoms with Crippen LogP contribution in [0.1, 0.15) is 24.5 Å². The van der Waals surface area contributed by atoms with Gasteiger partial charge in [0.1, 0.15) is 17.5 Å². The first-order valence-electron chi connectivity index (χ1n) is 6.79. The Morgan fingerprint density at radius 2 is 2.20 bits per heavy atom. The molecule has 1 heterocycles. The Morgan fingerprint density at radius 1 is 1.56 bits per heavy atom. The minimum Gasteiger partial charge on any atom is -0.465 e. The van der Waals surface area contributed by atoms with Crippen molar-refractivity contribution in [3.05, 3.63) is 29.1 Å². The number of ether oxygens (including phenoxy) is 1. The Morgan fingerprint density at radius 3 is 2.72 bits per heavy atom. The molecule has 0 aliphatic carbocycles. The van der Waals surface area contributed by atoms with Gasteiger partial charge in [-0.1, -0.05) is 0 Å². The van der Waals surface area contributed by atoms with Crippen molar-refractivity contribution in [2.24, 2.45) is 4.99 Å².